The van der Waals surface area contributed by atoms with E-state index in [1.54, 1.807) is 10.6 Å². The van der Waals surface area contributed by atoms with E-state index in [0.717, 1.165) is 28.5 Å². The molecule has 7 heteroatoms. The summed E-state index contributed by atoms with van der Waals surface area (Å²) in [5.74, 6) is -0.925. The van der Waals surface area contributed by atoms with Crippen molar-refractivity contribution in [3.05, 3.63) is 62.9 Å². The molecule has 1 aromatic carbocycles. The lowest BCUT2D eigenvalue weighted by Crippen LogP contribution is -2.45. The van der Waals surface area contributed by atoms with Crippen LogP contribution in [-0.2, 0) is 34.7 Å². The molecule has 0 radical (unpaired) electrons. The molecule has 6 nitrogen and oxygen atoms in total. The number of hydrogen-bond donors (Lipinski definition) is 1. The Kier molecular flexibility index (Phi) is 3.86. The molecule has 148 valence electrons. The van der Waals surface area contributed by atoms with Gasteiger partial charge >= 0.3 is 5.97 Å². The number of para-hydroxylation sites is 1. The van der Waals surface area contributed by atoms with E-state index in [1.807, 2.05) is 24.3 Å². The van der Waals surface area contributed by atoms with Gasteiger partial charge in [0, 0.05) is 22.9 Å². The summed E-state index contributed by atoms with van der Waals surface area (Å²) in [6.07, 6.45) is 0.321. The minimum Gasteiger partial charge on any atom is -0.458 e. The first-order valence-corrected chi connectivity index (χ1v) is 9.63. The molecule has 0 aliphatic carbocycles. The fourth-order valence-electron chi connectivity index (χ4n) is 4.56. The molecule has 4 heterocycles. The Morgan fingerprint density at radius 1 is 1.28 bits per heavy atom. The van der Waals surface area contributed by atoms with Crippen molar-refractivity contribution in [2.45, 2.75) is 38.5 Å². The topological polar surface area (TPSA) is 81.4 Å². The Labute approximate surface area is 165 Å². The maximum Gasteiger partial charge on any atom is 0.343 e. The van der Waals surface area contributed by atoms with Gasteiger partial charge in [0.2, 0.25) is 0 Å². The summed E-state index contributed by atoms with van der Waals surface area (Å²) in [7, 11) is 0. The normalized spacial score (nSPS) is 19.6. The third-order valence-corrected chi connectivity index (χ3v) is 6.01. The molecule has 3 aromatic rings. The summed E-state index contributed by atoms with van der Waals surface area (Å²) in [5.41, 5.74) is 1.93. The van der Waals surface area contributed by atoms with E-state index >= 15 is 0 Å². The van der Waals surface area contributed by atoms with Crippen molar-refractivity contribution in [1.29, 1.82) is 0 Å². The van der Waals surface area contributed by atoms with Crippen LogP contribution in [0.3, 0.4) is 0 Å². The van der Waals surface area contributed by atoms with Gasteiger partial charge in [0.05, 0.1) is 35.7 Å². The molecule has 2 aliphatic heterocycles. The molecule has 29 heavy (non-hydrogen) atoms. The molecule has 2 aliphatic rings. The van der Waals surface area contributed by atoms with Gasteiger partial charge < -0.3 is 14.4 Å². The fraction of sp³-hybridized carbons (Fsp3) is 0.318. The Hall–Kier alpha value is -3.06. The van der Waals surface area contributed by atoms with Crippen molar-refractivity contribution in [2.75, 3.05) is 6.67 Å². The number of fused-ring (bicyclic) bond motifs is 5. The first-order valence-electron chi connectivity index (χ1n) is 9.63. The second-order valence-electron chi connectivity index (χ2n) is 7.48. The molecule has 0 spiro atoms. The van der Waals surface area contributed by atoms with Crippen molar-refractivity contribution >= 4 is 16.9 Å². The number of cyclic esters (lactones) is 1. The summed E-state index contributed by atoms with van der Waals surface area (Å²) in [6.45, 7) is 1.29. The van der Waals surface area contributed by atoms with Gasteiger partial charge in [0.15, 0.2) is 5.60 Å². The van der Waals surface area contributed by atoms with E-state index < -0.39 is 24.7 Å². The number of aromatic nitrogens is 2. The van der Waals surface area contributed by atoms with Gasteiger partial charge in [-0.1, -0.05) is 25.1 Å². The highest BCUT2D eigenvalue weighted by Crippen LogP contribution is 2.40. The van der Waals surface area contributed by atoms with Crippen molar-refractivity contribution in [2.24, 2.45) is 0 Å². The monoisotopic (exact) mass is 394 g/mol. The lowest BCUT2D eigenvalue weighted by atomic mass is 9.85. The summed E-state index contributed by atoms with van der Waals surface area (Å²) in [6, 6.07) is 9.42. The first kappa shape index (κ1) is 18.0. The van der Waals surface area contributed by atoms with Gasteiger partial charge in [-0.2, -0.15) is 0 Å². The number of alkyl halides is 1. The number of carbonyl (C=O) groups excluding carboxylic acids is 1. The molecule has 1 N–H and O–H groups in total. The highest BCUT2D eigenvalue weighted by molar-refractivity contribution is 5.89. The van der Waals surface area contributed by atoms with Crippen LogP contribution in [0.2, 0.25) is 0 Å². The molecule has 1 unspecified atom stereocenters. The van der Waals surface area contributed by atoms with Crippen LogP contribution in [-0.4, -0.2) is 27.3 Å². The number of hydrogen-bond acceptors (Lipinski definition) is 5. The SMILES string of the molecule is CCc1c2c(nc3ccccc13)-c1cc3c(c(=O)n1C2)COC(=O)C3(O)CCF. The van der Waals surface area contributed by atoms with Crippen LogP contribution in [0.15, 0.2) is 35.1 Å². The fourth-order valence-corrected chi connectivity index (χ4v) is 4.56. The smallest absolute Gasteiger partial charge is 0.343 e. The van der Waals surface area contributed by atoms with E-state index in [2.05, 4.69) is 6.92 Å². The molecule has 5 rings (SSSR count). The highest BCUT2D eigenvalue weighted by Gasteiger charge is 2.46. The van der Waals surface area contributed by atoms with Gasteiger partial charge in [0.1, 0.15) is 6.61 Å². The summed E-state index contributed by atoms with van der Waals surface area (Å²) < 4.78 is 19.7. The van der Waals surface area contributed by atoms with E-state index in [9.17, 15) is 19.1 Å². The number of halogens is 1. The largest absolute Gasteiger partial charge is 0.458 e. The number of rotatable bonds is 3. The second-order valence-corrected chi connectivity index (χ2v) is 7.48. The molecule has 0 amide bonds. The number of benzene rings is 1. The molecule has 1 atom stereocenters. The summed E-state index contributed by atoms with van der Waals surface area (Å²) in [4.78, 5) is 30.2. The van der Waals surface area contributed by atoms with Gasteiger partial charge in [0.25, 0.3) is 5.56 Å². The van der Waals surface area contributed by atoms with Crippen LogP contribution < -0.4 is 5.56 Å². The zero-order chi connectivity index (χ0) is 20.3. The van der Waals surface area contributed by atoms with E-state index in [0.29, 0.717) is 17.9 Å². The Balaban J connectivity index is 1.82. The lowest BCUT2D eigenvalue weighted by Gasteiger charge is -2.31. The molecule has 0 saturated heterocycles. The number of esters is 1. The number of pyridine rings is 2. The van der Waals surface area contributed by atoms with Crippen LogP contribution in [0, 0.1) is 0 Å². The van der Waals surface area contributed by atoms with Gasteiger partial charge in [-0.3, -0.25) is 9.18 Å². The van der Waals surface area contributed by atoms with E-state index in [-0.39, 0.29) is 23.3 Å². The summed E-state index contributed by atoms with van der Waals surface area (Å²) >= 11 is 0. The third-order valence-electron chi connectivity index (χ3n) is 6.01. The quantitative estimate of drug-likeness (QED) is 0.540. The Morgan fingerprint density at radius 2 is 2.07 bits per heavy atom. The van der Waals surface area contributed by atoms with E-state index in [1.165, 1.54) is 0 Å². The third kappa shape index (κ3) is 2.34. The zero-order valence-corrected chi connectivity index (χ0v) is 15.9. The first-order chi connectivity index (χ1) is 14.0. The standard InChI is InChI=1S/C22H19FN2O4/c1-2-12-13-5-3-4-6-17(13)24-19-14(12)10-25-18(19)9-16-15(20(25)26)11-29-21(27)22(16,28)7-8-23/h3-6,9,28H,2,7-8,10-11H2,1H3. The number of carbonyl (C=O) groups is 1. The van der Waals surface area contributed by atoms with Crippen molar-refractivity contribution in [3.63, 3.8) is 0 Å². The predicted octanol–water partition coefficient (Wildman–Crippen LogP) is 2.59. The second kappa shape index (κ2) is 6.22. The average Bonchev–Trinajstić information content (AvgIpc) is 3.08. The Morgan fingerprint density at radius 3 is 2.83 bits per heavy atom. The highest BCUT2D eigenvalue weighted by atomic mass is 19.1. The Bertz CT molecular complexity index is 1250. The van der Waals surface area contributed by atoms with Crippen molar-refractivity contribution < 1.29 is 19.0 Å². The number of nitrogens with zero attached hydrogens (tertiary/aromatic N) is 2. The van der Waals surface area contributed by atoms with Crippen LogP contribution in [0.1, 0.15) is 35.6 Å². The molecule has 0 fully saturated rings. The predicted molar refractivity (Wildman–Crippen MR) is 104 cm³/mol. The molecular weight excluding hydrogens is 375 g/mol. The van der Waals surface area contributed by atoms with Crippen LogP contribution >= 0.6 is 0 Å². The minimum absolute atomic E-state index is 0.128. The van der Waals surface area contributed by atoms with Crippen molar-refractivity contribution in [3.8, 4) is 11.4 Å². The molecule has 0 bridgehead atoms. The lowest BCUT2D eigenvalue weighted by molar-refractivity contribution is -0.173. The van der Waals surface area contributed by atoms with Crippen LogP contribution in [0.4, 0.5) is 4.39 Å². The summed E-state index contributed by atoms with van der Waals surface area (Å²) in [5, 5.41) is 11.9. The maximum absolute atomic E-state index is 13.2. The zero-order valence-electron chi connectivity index (χ0n) is 15.9. The van der Waals surface area contributed by atoms with Gasteiger partial charge in [-0.05, 0) is 24.1 Å². The van der Waals surface area contributed by atoms with Crippen molar-refractivity contribution in [1.82, 2.24) is 9.55 Å². The maximum atomic E-state index is 13.2. The van der Waals surface area contributed by atoms with Crippen LogP contribution in [0.5, 0.6) is 0 Å². The van der Waals surface area contributed by atoms with E-state index in [4.69, 9.17) is 9.72 Å². The molecule has 0 saturated carbocycles. The average molecular weight is 394 g/mol. The minimum atomic E-state index is -2.16. The molecular formula is C22H19FN2O4. The van der Waals surface area contributed by atoms with Gasteiger partial charge in [-0.25, -0.2) is 9.78 Å². The number of ether oxygens (including phenoxy) is 1. The number of aliphatic hydroxyl groups is 1. The number of aryl methyl sites for hydroxylation is 1. The van der Waals surface area contributed by atoms with Crippen LogP contribution in [0.25, 0.3) is 22.3 Å². The van der Waals surface area contributed by atoms with Gasteiger partial charge in [-0.15, -0.1) is 0 Å². The molecule has 2 aromatic heterocycles.